The van der Waals surface area contributed by atoms with Gasteiger partial charge in [-0.05, 0) is 32.4 Å². The number of amides is 1. The molecule has 1 aliphatic heterocycles. The van der Waals surface area contributed by atoms with Crippen molar-refractivity contribution in [3.05, 3.63) is 24.0 Å². The fourth-order valence-corrected chi connectivity index (χ4v) is 2.20. The quantitative estimate of drug-likeness (QED) is 0.901. The van der Waals surface area contributed by atoms with Gasteiger partial charge in [-0.25, -0.2) is 4.98 Å². The number of hydrogen-bond donors (Lipinski definition) is 1. The van der Waals surface area contributed by atoms with Gasteiger partial charge in [-0.1, -0.05) is 0 Å². The Kier molecular flexibility index (Phi) is 4.22. The molecular formula is C14H18N2O4. The van der Waals surface area contributed by atoms with Crippen LogP contribution in [0.5, 0.6) is 5.75 Å². The zero-order valence-corrected chi connectivity index (χ0v) is 11.6. The number of nitrogens with zero attached hydrogens (tertiary/aromatic N) is 2. The summed E-state index contributed by atoms with van der Waals surface area (Å²) in [7, 11) is 0. The van der Waals surface area contributed by atoms with E-state index in [1.54, 1.807) is 12.1 Å². The maximum atomic E-state index is 12.4. The van der Waals surface area contributed by atoms with Crippen molar-refractivity contribution in [3.63, 3.8) is 0 Å². The van der Waals surface area contributed by atoms with Crippen LogP contribution in [0.15, 0.2) is 18.3 Å². The van der Waals surface area contributed by atoms with Crippen LogP contribution in [-0.2, 0) is 4.79 Å². The van der Waals surface area contributed by atoms with Crippen LogP contribution < -0.4 is 4.74 Å². The van der Waals surface area contributed by atoms with Crippen molar-refractivity contribution in [2.75, 3.05) is 13.1 Å². The minimum absolute atomic E-state index is 0.0592. The highest BCUT2D eigenvalue weighted by atomic mass is 16.5. The first-order valence-corrected chi connectivity index (χ1v) is 6.62. The molecule has 1 amide bonds. The van der Waals surface area contributed by atoms with Crippen molar-refractivity contribution in [2.45, 2.75) is 26.4 Å². The molecule has 0 aliphatic carbocycles. The smallest absolute Gasteiger partial charge is 0.308 e. The van der Waals surface area contributed by atoms with Gasteiger partial charge in [0.05, 0.1) is 12.0 Å². The van der Waals surface area contributed by atoms with Gasteiger partial charge in [0.25, 0.3) is 5.91 Å². The van der Waals surface area contributed by atoms with Crippen molar-refractivity contribution in [2.24, 2.45) is 5.92 Å². The molecule has 6 heteroatoms. The molecule has 0 bridgehead atoms. The fraction of sp³-hybridized carbons (Fsp3) is 0.500. The lowest BCUT2D eigenvalue weighted by Crippen LogP contribution is -2.31. The van der Waals surface area contributed by atoms with E-state index in [9.17, 15) is 9.59 Å². The van der Waals surface area contributed by atoms with Crippen molar-refractivity contribution in [3.8, 4) is 5.75 Å². The Bertz CT molecular complexity index is 516. The molecule has 20 heavy (non-hydrogen) atoms. The van der Waals surface area contributed by atoms with Crippen molar-refractivity contribution >= 4 is 11.9 Å². The third-order valence-electron chi connectivity index (χ3n) is 3.16. The number of carbonyl (C=O) groups excluding carboxylic acids is 1. The summed E-state index contributed by atoms with van der Waals surface area (Å²) in [4.78, 5) is 29.0. The second kappa shape index (κ2) is 5.90. The molecular weight excluding hydrogens is 260 g/mol. The molecule has 1 aliphatic rings. The molecule has 1 atom stereocenters. The molecule has 1 saturated heterocycles. The number of aromatic nitrogens is 1. The molecule has 1 N–H and O–H groups in total. The maximum Gasteiger partial charge on any atom is 0.308 e. The van der Waals surface area contributed by atoms with Gasteiger partial charge in [0.15, 0.2) is 11.4 Å². The topological polar surface area (TPSA) is 79.7 Å². The van der Waals surface area contributed by atoms with E-state index in [0.29, 0.717) is 18.7 Å². The maximum absolute atomic E-state index is 12.4. The number of carboxylic acids is 1. The van der Waals surface area contributed by atoms with Crippen molar-refractivity contribution in [1.29, 1.82) is 0 Å². The molecule has 2 heterocycles. The predicted octanol–water partition coefficient (Wildman–Crippen LogP) is 1.42. The molecule has 108 valence electrons. The monoisotopic (exact) mass is 278 g/mol. The van der Waals surface area contributed by atoms with Crippen LogP contribution in [0, 0.1) is 5.92 Å². The lowest BCUT2D eigenvalue weighted by Gasteiger charge is -2.18. The summed E-state index contributed by atoms with van der Waals surface area (Å²) >= 11 is 0. The third-order valence-corrected chi connectivity index (χ3v) is 3.16. The van der Waals surface area contributed by atoms with Crippen LogP contribution in [-0.4, -0.2) is 46.1 Å². The summed E-state index contributed by atoms with van der Waals surface area (Å²) in [6.45, 7) is 4.41. The molecule has 1 aromatic heterocycles. The van der Waals surface area contributed by atoms with Crippen molar-refractivity contribution in [1.82, 2.24) is 9.88 Å². The number of ether oxygens (including phenoxy) is 1. The Morgan fingerprint density at radius 3 is 2.85 bits per heavy atom. The van der Waals surface area contributed by atoms with E-state index < -0.39 is 11.9 Å². The second-order valence-corrected chi connectivity index (χ2v) is 5.09. The molecule has 6 nitrogen and oxygen atoms in total. The first kappa shape index (κ1) is 14.3. The van der Waals surface area contributed by atoms with E-state index in [2.05, 4.69) is 4.98 Å². The van der Waals surface area contributed by atoms with Gasteiger partial charge in [-0.3, -0.25) is 9.59 Å². The number of carbonyl (C=O) groups is 2. The summed E-state index contributed by atoms with van der Waals surface area (Å²) < 4.78 is 5.57. The van der Waals surface area contributed by atoms with E-state index >= 15 is 0 Å². The normalized spacial score (nSPS) is 18.4. The van der Waals surface area contributed by atoms with Crippen LogP contribution in [0.3, 0.4) is 0 Å². The molecule has 1 aromatic rings. The Labute approximate surface area is 117 Å². The largest absolute Gasteiger partial charge is 0.489 e. The summed E-state index contributed by atoms with van der Waals surface area (Å²) in [5, 5.41) is 8.98. The first-order valence-electron chi connectivity index (χ1n) is 6.62. The molecule has 0 radical (unpaired) electrons. The van der Waals surface area contributed by atoms with Gasteiger partial charge < -0.3 is 14.7 Å². The summed E-state index contributed by atoms with van der Waals surface area (Å²) in [6, 6.07) is 3.41. The van der Waals surface area contributed by atoms with E-state index in [1.807, 2.05) is 13.8 Å². The molecule has 0 saturated carbocycles. The third kappa shape index (κ3) is 3.07. The number of aliphatic carboxylic acids is 1. The van der Waals surface area contributed by atoms with Crippen LogP contribution in [0.25, 0.3) is 0 Å². The highest BCUT2D eigenvalue weighted by Crippen LogP contribution is 2.23. The summed E-state index contributed by atoms with van der Waals surface area (Å²) in [6.07, 6.45) is 1.95. The lowest BCUT2D eigenvalue weighted by molar-refractivity contribution is -0.141. The molecule has 0 spiro atoms. The number of rotatable bonds is 4. The lowest BCUT2D eigenvalue weighted by atomic mass is 10.1. The molecule has 1 unspecified atom stereocenters. The van der Waals surface area contributed by atoms with Crippen LogP contribution in [0.4, 0.5) is 0 Å². The number of hydrogen-bond acceptors (Lipinski definition) is 4. The Hall–Kier alpha value is -2.11. The number of pyridine rings is 1. The van der Waals surface area contributed by atoms with Gasteiger partial charge in [-0.15, -0.1) is 0 Å². The Balaban J connectivity index is 2.16. The van der Waals surface area contributed by atoms with Crippen LogP contribution in [0.2, 0.25) is 0 Å². The average molecular weight is 278 g/mol. The Morgan fingerprint density at radius 1 is 1.50 bits per heavy atom. The molecule has 1 fully saturated rings. The van der Waals surface area contributed by atoms with Gasteiger partial charge in [0.1, 0.15) is 0 Å². The SMILES string of the molecule is CC(C)Oc1cccnc1C(=O)N1CCC(C(=O)O)C1. The van der Waals surface area contributed by atoms with E-state index in [1.165, 1.54) is 11.1 Å². The predicted molar refractivity (Wildman–Crippen MR) is 71.6 cm³/mol. The zero-order chi connectivity index (χ0) is 14.7. The minimum Gasteiger partial charge on any atom is -0.489 e. The van der Waals surface area contributed by atoms with Gasteiger partial charge in [0.2, 0.25) is 0 Å². The minimum atomic E-state index is -0.861. The van der Waals surface area contributed by atoms with Gasteiger partial charge in [0, 0.05) is 19.3 Å². The molecule has 0 aromatic carbocycles. The van der Waals surface area contributed by atoms with E-state index in [4.69, 9.17) is 9.84 Å². The first-order chi connectivity index (χ1) is 9.49. The summed E-state index contributed by atoms with van der Waals surface area (Å²) in [5.74, 6) is -1.19. The number of likely N-dealkylation sites (tertiary alicyclic amines) is 1. The van der Waals surface area contributed by atoms with Crippen LogP contribution >= 0.6 is 0 Å². The van der Waals surface area contributed by atoms with Crippen LogP contribution in [0.1, 0.15) is 30.8 Å². The highest BCUT2D eigenvalue weighted by molar-refractivity contribution is 5.95. The van der Waals surface area contributed by atoms with Gasteiger partial charge in [-0.2, -0.15) is 0 Å². The summed E-state index contributed by atoms with van der Waals surface area (Å²) in [5.41, 5.74) is 0.243. The second-order valence-electron chi connectivity index (χ2n) is 5.09. The van der Waals surface area contributed by atoms with Gasteiger partial charge >= 0.3 is 5.97 Å². The zero-order valence-electron chi connectivity index (χ0n) is 11.6. The van der Waals surface area contributed by atoms with Crippen molar-refractivity contribution < 1.29 is 19.4 Å². The standard InChI is InChI=1S/C14H18N2O4/c1-9(2)20-11-4-3-6-15-12(11)13(17)16-7-5-10(8-16)14(18)19/h3-4,6,9-10H,5,7-8H2,1-2H3,(H,18,19). The molecule has 2 rings (SSSR count). The van der Waals surface area contributed by atoms with E-state index in [0.717, 1.165) is 0 Å². The highest BCUT2D eigenvalue weighted by Gasteiger charge is 2.32. The average Bonchev–Trinajstić information content (AvgIpc) is 2.87. The Morgan fingerprint density at radius 2 is 2.25 bits per heavy atom. The number of carboxylic acid groups (broad SMARTS) is 1. The van der Waals surface area contributed by atoms with E-state index in [-0.39, 0.29) is 24.2 Å². The fourth-order valence-electron chi connectivity index (χ4n) is 2.20.